The number of carbonyl (C=O) groups is 2. The van der Waals surface area contributed by atoms with Gasteiger partial charge in [0.1, 0.15) is 12.3 Å². The van der Waals surface area contributed by atoms with Crippen LogP contribution in [0.3, 0.4) is 0 Å². The van der Waals surface area contributed by atoms with Crippen molar-refractivity contribution < 1.29 is 14.3 Å². The number of hydrogen-bond acceptors (Lipinski definition) is 3. The lowest BCUT2D eigenvalue weighted by Crippen LogP contribution is -2.44. The van der Waals surface area contributed by atoms with Crippen LogP contribution in [-0.2, 0) is 18.4 Å². The predicted octanol–water partition coefficient (Wildman–Crippen LogP) is 4.52. The van der Waals surface area contributed by atoms with Crippen molar-refractivity contribution in [2.45, 2.75) is 40.2 Å². The molecule has 0 N–H and O–H groups in total. The molecular formula is C26H37N3O3. The minimum Gasteiger partial charge on any atom is -0.494 e. The Morgan fingerprint density at radius 1 is 1.16 bits per heavy atom. The first kappa shape index (κ1) is 25.2. The highest BCUT2D eigenvalue weighted by Gasteiger charge is 2.23. The second-order valence-corrected chi connectivity index (χ2v) is 8.48. The van der Waals surface area contributed by atoms with Crippen LogP contribution in [0.4, 0.5) is 0 Å². The third kappa shape index (κ3) is 7.59. The highest BCUT2D eigenvalue weighted by atomic mass is 16.5. The van der Waals surface area contributed by atoms with E-state index in [9.17, 15) is 9.59 Å². The number of hydrogen-bond donors (Lipinski definition) is 0. The van der Waals surface area contributed by atoms with Crippen LogP contribution >= 0.6 is 0 Å². The van der Waals surface area contributed by atoms with Crippen LogP contribution in [0.25, 0.3) is 0 Å². The van der Waals surface area contributed by atoms with Crippen LogP contribution in [0, 0.1) is 5.92 Å². The summed E-state index contributed by atoms with van der Waals surface area (Å²) in [5.74, 6) is 0.798. The highest BCUT2D eigenvalue weighted by molar-refractivity contribution is 5.96. The van der Waals surface area contributed by atoms with E-state index in [0.717, 1.165) is 24.3 Å². The van der Waals surface area contributed by atoms with Crippen LogP contribution < -0.4 is 4.74 Å². The molecule has 0 radical (unpaired) electrons. The van der Waals surface area contributed by atoms with Gasteiger partial charge < -0.3 is 19.1 Å². The van der Waals surface area contributed by atoms with Crippen LogP contribution in [0.2, 0.25) is 0 Å². The molecule has 174 valence electrons. The molecule has 0 spiro atoms. The first-order chi connectivity index (χ1) is 15.3. The van der Waals surface area contributed by atoms with Gasteiger partial charge in [0.15, 0.2) is 0 Å². The van der Waals surface area contributed by atoms with Crippen molar-refractivity contribution in [3.05, 3.63) is 66.5 Å². The second kappa shape index (κ2) is 12.7. The summed E-state index contributed by atoms with van der Waals surface area (Å²) in [7, 11) is 1.97. The SMILES string of the molecule is C=CCN(CC(=O)N(Cc1cccn1C)CC(C)C)C(=O)c1ccc(OCCCC)cc1. The number of rotatable bonds is 13. The fraction of sp³-hybridized carbons (Fsp3) is 0.462. The maximum absolute atomic E-state index is 13.2. The van der Waals surface area contributed by atoms with Gasteiger partial charge in [-0.3, -0.25) is 9.59 Å². The average molecular weight is 440 g/mol. The molecule has 6 heteroatoms. The lowest BCUT2D eigenvalue weighted by Gasteiger charge is -2.28. The van der Waals surface area contributed by atoms with E-state index < -0.39 is 0 Å². The Morgan fingerprint density at radius 2 is 1.88 bits per heavy atom. The molecule has 6 nitrogen and oxygen atoms in total. The zero-order valence-corrected chi connectivity index (χ0v) is 19.9. The Balaban J connectivity index is 2.10. The Hall–Kier alpha value is -3.02. The quantitative estimate of drug-likeness (QED) is 0.341. The van der Waals surface area contributed by atoms with Crippen LogP contribution in [0.5, 0.6) is 5.75 Å². The van der Waals surface area contributed by atoms with E-state index in [4.69, 9.17) is 4.74 Å². The van der Waals surface area contributed by atoms with Crippen molar-refractivity contribution >= 4 is 11.8 Å². The first-order valence-corrected chi connectivity index (χ1v) is 11.4. The molecule has 2 amide bonds. The number of aryl methyl sites for hydroxylation is 1. The van der Waals surface area contributed by atoms with Gasteiger partial charge >= 0.3 is 0 Å². The third-order valence-corrected chi connectivity index (χ3v) is 5.17. The number of unbranched alkanes of at least 4 members (excludes halogenated alkanes) is 1. The molecule has 0 saturated carbocycles. The predicted molar refractivity (Wildman–Crippen MR) is 129 cm³/mol. The first-order valence-electron chi connectivity index (χ1n) is 11.4. The zero-order chi connectivity index (χ0) is 23.5. The number of nitrogens with zero attached hydrogens (tertiary/aromatic N) is 3. The van der Waals surface area contributed by atoms with E-state index in [-0.39, 0.29) is 18.4 Å². The Morgan fingerprint density at radius 3 is 2.44 bits per heavy atom. The Labute approximate surface area is 192 Å². The molecular weight excluding hydrogens is 402 g/mol. The van der Waals surface area contributed by atoms with Gasteiger partial charge in [0.25, 0.3) is 5.91 Å². The van der Waals surface area contributed by atoms with E-state index in [2.05, 4.69) is 27.4 Å². The normalized spacial score (nSPS) is 10.8. The maximum Gasteiger partial charge on any atom is 0.254 e. The maximum atomic E-state index is 13.2. The summed E-state index contributed by atoms with van der Waals surface area (Å²) < 4.78 is 7.69. The number of benzene rings is 1. The molecule has 0 unspecified atom stereocenters. The second-order valence-electron chi connectivity index (χ2n) is 8.48. The lowest BCUT2D eigenvalue weighted by molar-refractivity contribution is -0.133. The van der Waals surface area contributed by atoms with E-state index in [1.807, 2.05) is 34.8 Å². The third-order valence-electron chi connectivity index (χ3n) is 5.17. The van der Waals surface area contributed by atoms with E-state index >= 15 is 0 Å². The van der Waals surface area contributed by atoms with Crippen molar-refractivity contribution in [1.29, 1.82) is 0 Å². The molecule has 2 rings (SSSR count). The van der Waals surface area contributed by atoms with Crippen LogP contribution in [-0.4, -0.2) is 52.4 Å². The standard InChI is InChI=1S/C26H37N3O3/c1-6-8-17-32-24-13-11-22(12-14-24)26(31)28(15-7-2)20-25(30)29(18-21(3)4)19-23-10-9-16-27(23)5/h7,9-14,16,21H,2,6,8,15,17-20H2,1,3-5H3. The summed E-state index contributed by atoms with van der Waals surface area (Å²) in [6.45, 7) is 12.2. The molecule has 0 atom stereocenters. The number of aromatic nitrogens is 1. The Kier molecular flexibility index (Phi) is 10.1. The van der Waals surface area contributed by atoms with Gasteiger partial charge in [0.05, 0.1) is 13.2 Å². The molecule has 0 aliphatic carbocycles. The molecule has 32 heavy (non-hydrogen) atoms. The van der Waals surface area contributed by atoms with E-state index in [1.54, 1.807) is 35.2 Å². The van der Waals surface area contributed by atoms with Crippen molar-refractivity contribution in [2.24, 2.45) is 13.0 Å². The van der Waals surface area contributed by atoms with Crippen LogP contribution in [0.1, 0.15) is 49.7 Å². The molecule has 0 saturated heterocycles. The summed E-state index contributed by atoms with van der Waals surface area (Å²) in [6.07, 6.45) is 5.68. The zero-order valence-electron chi connectivity index (χ0n) is 19.9. The van der Waals surface area contributed by atoms with Gasteiger partial charge in [-0.1, -0.05) is 33.3 Å². The molecule has 1 aromatic heterocycles. The van der Waals surface area contributed by atoms with Crippen molar-refractivity contribution in [3.8, 4) is 5.75 Å². The Bertz CT molecular complexity index is 871. The molecule has 0 fully saturated rings. The van der Waals surface area contributed by atoms with Gasteiger partial charge in [0, 0.05) is 37.6 Å². The smallest absolute Gasteiger partial charge is 0.254 e. The minimum absolute atomic E-state index is 0.0107. The highest BCUT2D eigenvalue weighted by Crippen LogP contribution is 2.15. The summed E-state index contributed by atoms with van der Waals surface area (Å²) in [5.41, 5.74) is 1.58. The lowest BCUT2D eigenvalue weighted by atomic mass is 10.1. The summed E-state index contributed by atoms with van der Waals surface area (Å²) in [4.78, 5) is 29.7. The molecule has 1 aromatic carbocycles. The van der Waals surface area contributed by atoms with Gasteiger partial charge in [-0.15, -0.1) is 6.58 Å². The van der Waals surface area contributed by atoms with Gasteiger partial charge in [0.2, 0.25) is 5.91 Å². The van der Waals surface area contributed by atoms with Crippen molar-refractivity contribution in [3.63, 3.8) is 0 Å². The van der Waals surface area contributed by atoms with Gasteiger partial charge in [-0.05, 0) is 48.7 Å². The van der Waals surface area contributed by atoms with Crippen LogP contribution in [0.15, 0.2) is 55.3 Å². The molecule has 0 bridgehead atoms. The van der Waals surface area contributed by atoms with Gasteiger partial charge in [-0.25, -0.2) is 0 Å². The summed E-state index contributed by atoms with van der Waals surface area (Å²) in [6, 6.07) is 11.1. The van der Waals surface area contributed by atoms with E-state index in [0.29, 0.717) is 37.7 Å². The average Bonchev–Trinajstić information content (AvgIpc) is 3.17. The monoisotopic (exact) mass is 439 g/mol. The fourth-order valence-corrected chi connectivity index (χ4v) is 3.40. The summed E-state index contributed by atoms with van der Waals surface area (Å²) in [5, 5.41) is 0. The van der Waals surface area contributed by atoms with E-state index in [1.165, 1.54) is 0 Å². The topological polar surface area (TPSA) is 54.8 Å². The number of ether oxygens (including phenoxy) is 1. The van der Waals surface area contributed by atoms with Crippen molar-refractivity contribution in [1.82, 2.24) is 14.4 Å². The minimum atomic E-state index is -0.193. The van der Waals surface area contributed by atoms with Gasteiger partial charge in [-0.2, -0.15) is 0 Å². The molecule has 2 aromatic rings. The molecule has 0 aliphatic rings. The van der Waals surface area contributed by atoms with Crippen molar-refractivity contribution in [2.75, 3.05) is 26.2 Å². The largest absolute Gasteiger partial charge is 0.494 e. The summed E-state index contributed by atoms with van der Waals surface area (Å²) >= 11 is 0. The number of amides is 2. The molecule has 1 heterocycles. The fourth-order valence-electron chi connectivity index (χ4n) is 3.40. The molecule has 0 aliphatic heterocycles. The number of carbonyl (C=O) groups excluding carboxylic acids is 2.